The first-order valence-corrected chi connectivity index (χ1v) is 8.85. The highest BCUT2D eigenvalue weighted by Crippen LogP contribution is 2.31. The molecule has 0 saturated heterocycles. The van der Waals surface area contributed by atoms with Gasteiger partial charge in [0.2, 0.25) is 0 Å². The standard InChI is InChI=1S/C16H15F2N5O4S/c1-7-13(23(25)26)8(2)22(21-7)9(3)14(24)20-16-19-11-5-4-10(27-15(17)18)6-12(11)28-16/h4-6,9,15H,1-3H3,(H,19,20,24). The van der Waals surface area contributed by atoms with E-state index in [0.29, 0.717) is 10.2 Å². The zero-order valence-corrected chi connectivity index (χ0v) is 15.8. The number of hydrogen-bond donors (Lipinski definition) is 1. The van der Waals surface area contributed by atoms with E-state index in [1.165, 1.54) is 36.7 Å². The van der Waals surface area contributed by atoms with Crippen LogP contribution in [0.3, 0.4) is 0 Å². The summed E-state index contributed by atoms with van der Waals surface area (Å²) in [5.41, 5.74) is 0.861. The Bertz CT molecular complexity index is 1060. The molecular weight excluding hydrogens is 396 g/mol. The van der Waals surface area contributed by atoms with Gasteiger partial charge in [-0.15, -0.1) is 0 Å². The molecule has 2 aromatic heterocycles. The average molecular weight is 411 g/mol. The van der Waals surface area contributed by atoms with Crippen LogP contribution < -0.4 is 10.1 Å². The first kappa shape index (κ1) is 19.6. The number of aryl methyl sites for hydroxylation is 1. The van der Waals surface area contributed by atoms with Gasteiger partial charge in [-0.05, 0) is 39.0 Å². The van der Waals surface area contributed by atoms with Crippen LogP contribution in [0.2, 0.25) is 0 Å². The van der Waals surface area contributed by atoms with Crippen molar-refractivity contribution in [1.82, 2.24) is 14.8 Å². The van der Waals surface area contributed by atoms with Crippen molar-refractivity contribution in [2.75, 3.05) is 5.32 Å². The summed E-state index contributed by atoms with van der Waals surface area (Å²) in [7, 11) is 0. The minimum absolute atomic E-state index is 0.00709. The maximum absolute atomic E-state index is 12.5. The van der Waals surface area contributed by atoms with Crippen molar-refractivity contribution in [3.63, 3.8) is 0 Å². The average Bonchev–Trinajstić information content (AvgIpc) is 3.12. The number of ether oxygens (including phenoxy) is 1. The van der Waals surface area contributed by atoms with Gasteiger partial charge >= 0.3 is 12.3 Å². The third kappa shape index (κ3) is 3.76. The lowest BCUT2D eigenvalue weighted by atomic mass is 10.3. The van der Waals surface area contributed by atoms with Crippen molar-refractivity contribution in [3.05, 3.63) is 39.7 Å². The molecule has 12 heteroatoms. The Labute approximate surface area is 161 Å². The number of hydrogen-bond acceptors (Lipinski definition) is 7. The number of amides is 1. The highest BCUT2D eigenvalue weighted by atomic mass is 32.1. The van der Waals surface area contributed by atoms with Crippen LogP contribution in [0.15, 0.2) is 18.2 Å². The molecule has 3 aromatic rings. The van der Waals surface area contributed by atoms with Crippen LogP contribution in [-0.4, -0.2) is 32.2 Å². The number of carbonyl (C=O) groups is 1. The zero-order chi connectivity index (χ0) is 20.6. The lowest BCUT2D eigenvalue weighted by Gasteiger charge is -2.12. The van der Waals surface area contributed by atoms with E-state index in [4.69, 9.17) is 0 Å². The number of halogens is 2. The number of rotatable bonds is 6. The van der Waals surface area contributed by atoms with Crippen LogP contribution >= 0.6 is 11.3 Å². The van der Waals surface area contributed by atoms with Crippen molar-refractivity contribution in [3.8, 4) is 5.75 Å². The number of nitro groups is 1. The summed E-state index contributed by atoms with van der Waals surface area (Å²) < 4.78 is 30.8. The molecule has 3 rings (SSSR count). The monoisotopic (exact) mass is 411 g/mol. The molecular formula is C16H15F2N5O4S. The predicted octanol–water partition coefficient (Wildman–Crippen LogP) is 3.82. The molecule has 0 spiro atoms. The first-order valence-electron chi connectivity index (χ1n) is 8.03. The minimum Gasteiger partial charge on any atom is -0.435 e. The third-order valence-corrected chi connectivity index (χ3v) is 4.96. The smallest absolute Gasteiger partial charge is 0.387 e. The number of fused-ring (bicyclic) bond motifs is 1. The fraction of sp³-hybridized carbons (Fsp3) is 0.312. The van der Waals surface area contributed by atoms with Gasteiger partial charge in [-0.25, -0.2) is 4.98 Å². The number of alkyl halides is 2. The molecule has 0 aliphatic heterocycles. The zero-order valence-electron chi connectivity index (χ0n) is 15.0. The van der Waals surface area contributed by atoms with E-state index < -0.39 is 23.5 Å². The van der Waals surface area contributed by atoms with Crippen molar-refractivity contribution in [2.45, 2.75) is 33.4 Å². The molecule has 9 nitrogen and oxygen atoms in total. The number of carbonyl (C=O) groups excluding carboxylic acids is 1. The second-order valence-corrected chi connectivity index (χ2v) is 6.94. The van der Waals surface area contributed by atoms with Crippen molar-refractivity contribution >= 4 is 38.3 Å². The molecule has 2 heterocycles. The van der Waals surface area contributed by atoms with Gasteiger partial charge < -0.3 is 10.1 Å². The fourth-order valence-corrected chi connectivity index (χ4v) is 3.65. The second kappa shape index (κ2) is 7.46. The number of benzene rings is 1. The van der Waals surface area contributed by atoms with Gasteiger partial charge in [-0.1, -0.05) is 11.3 Å². The highest BCUT2D eigenvalue weighted by Gasteiger charge is 2.27. The summed E-state index contributed by atoms with van der Waals surface area (Å²) in [6.07, 6.45) is 0. The molecule has 1 unspecified atom stereocenters. The molecule has 1 N–H and O–H groups in total. The quantitative estimate of drug-likeness (QED) is 0.487. The SMILES string of the molecule is Cc1nn(C(C)C(=O)Nc2nc3ccc(OC(F)F)cc3s2)c(C)c1[N+](=O)[O-]. The largest absolute Gasteiger partial charge is 0.435 e. The van der Waals surface area contributed by atoms with Crippen LogP contribution in [0.5, 0.6) is 5.75 Å². The van der Waals surface area contributed by atoms with Crippen LogP contribution in [0.1, 0.15) is 24.4 Å². The molecule has 0 radical (unpaired) electrons. The Morgan fingerprint density at radius 3 is 2.71 bits per heavy atom. The van der Waals surface area contributed by atoms with Gasteiger partial charge in [0.15, 0.2) is 5.13 Å². The highest BCUT2D eigenvalue weighted by molar-refractivity contribution is 7.22. The van der Waals surface area contributed by atoms with Gasteiger partial charge in [0, 0.05) is 0 Å². The van der Waals surface area contributed by atoms with Crippen LogP contribution in [0.4, 0.5) is 19.6 Å². The van der Waals surface area contributed by atoms with E-state index in [-0.39, 0.29) is 28.0 Å². The number of anilines is 1. The molecule has 0 bridgehead atoms. The molecule has 1 atom stereocenters. The summed E-state index contributed by atoms with van der Waals surface area (Å²) in [4.78, 5) is 27.4. The van der Waals surface area contributed by atoms with E-state index in [2.05, 4.69) is 20.1 Å². The summed E-state index contributed by atoms with van der Waals surface area (Å²) in [6, 6.07) is 3.45. The molecule has 148 valence electrons. The minimum atomic E-state index is -2.93. The lowest BCUT2D eigenvalue weighted by molar-refractivity contribution is -0.386. The van der Waals surface area contributed by atoms with Crippen molar-refractivity contribution in [2.24, 2.45) is 0 Å². The molecule has 1 amide bonds. The van der Waals surface area contributed by atoms with Gasteiger partial charge in [0.1, 0.15) is 23.2 Å². The van der Waals surface area contributed by atoms with Gasteiger partial charge in [-0.2, -0.15) is 13.9 Å². The van der Waals surface area contributed by atoms with E-state index >= 15 is 0 Å². The molecule has 0 aliphatic rings. The molecule has 0 fully saturated rings. The van der Waals surface area contributed by atoms with Crippen molar-refractivity contribution < 1.29 is 23.2 Å². The summed E-state index contributed by atoms with van der Waals surface area (Å²) >= 11 is 1.09. The molecule has 0 aliphatic carbocycles. The van der Waals surface area contributed by atoms with E-state index in [1.54, 1.807) is 6.92 Å². The van der Waals surface area contributed by atoms with E-state index in [1.807, 2.05) is 0 Å². The second-order valence-electron chi connectivity index (χ2n) is 5.91. The third-order valence-electron chi connectivity index (χ3n) is 4.03. The number of nitrogens with one attached hydrogen (secondary N) is 1. The maximum atomic E-state index is 12.5. The Hall–Kier alpha value is -3.15. The Kier molecular flexibility index (Phi) is 5.23. The van der Waals surface area contributed by atoms with Crippen LogP contribution in [0.25, 0.3) is 10.2 Å². The molecule has 1 aromatic carbocycles. The topological polar surface area (TPSA) is 112 Å². The summed E-state index contributed by atoms with van der Waals surface area (Å²) in [5, 5.41) is 18.1. The maximum Gasteiger partial charge on any atom is 0.387 e. The lowest BCUT2D eigenvalue weighted by Crippen LogP contribution is -2.25. The fourth-order valence-electron chi connectivity index (χ4n) is 2.75. The Morgan fingerprint density at radius 2 is 2.11 bits per heavy atom. The van der Waals surface area contributed by atoms with E-state index in [0.717, 1.165) is 11.3 Å². The molecule has 0 saturated carbocycles. The predicted molar refractivity (Wildman–Crippen MR) is 97.9 cm³/mol. The Balaban J connectivity index is 1.81. The van der Waals surface area contributed by atoms with Gasteiger partial charge in [0.05, 0.1) is 15.1 Å². The van der Waals surface area contributed by atoms with Crippen LogP contribution in [0, 0.1) is 24.0 Å². The number of aromatic nitrogens is 3. The van der Waals surface area contributed by atoms with Gasteiger partial charge in [0.25, 0.3) is 5.91 Å². The summed E-state index contributed by atoms with van der Waals surface area (Å²) in [5.74, 6) is -0.476. The van der Waals surface area contributed by atoms with Crippen molar-refractivity contribution in [1.29, 1.82) is 0 Å². The Morgan fingerprint density at radius 1 is 1.39 bits per heavy atom. The normalized spacial score (nSPS) is 12.4. The summed E-state index contributed by atoms with van der Waals surface area (Å²) in [6.45, 7) is 1.64. The van der Waals surface area contributed by atoms with E-state index in [9.17, 15) is 23.7 Å². The van der Waals surface area contributed by atoms with Gasteiger partial charge in [-0.3, -0.25) is 19.6 Å². The van der Waals surface area contributed by atoms with Crippen LogP contribution in [-0.2, 0) is 4.79 Å². The first-order chi connectivity index (χ1) is 13.2. The number of nitrogens with zero attached hydrogens (tertiary/aromatic N) is 4. The molecule has 28 heavy (non-hydrogen) atoms. The number of thiazole rings is 1.